The molecule has 0 saturated heterocycles. The van der Waals surface area contributed by atoms with E-state index >= 15 is 0 Å². The Kier molecular flexibility index (Phi) is 16.4. The maximum atomic E-state index is 5.50. The minimum absolute atomic E-state index is 0.595. The van der Waals surface area contributed by atoms with Crippen LogP contribution in [0.15, 0.2) is 0 Å². The first-order valence-electron chi connectivity index (χ1n) is 7.26. The molecule has 0 amide bonds. The number of hydrogen-bond acceptors (Lipinski definition) is 2. The van der Waals surface area contributed by atoms with Gasteiger partial charge in [0.05, 0.1) is 13.2 Å². The summed E-state index contributed by atoms with van der Waals surface area (Å²) >= 11 is 5.50. The first kappa shape index (κ1) is 17.2. The molecule has 104 valence electrons. The second-order valence-electron chi connectivity index (χ2n) is 4.53. The van der Waals surface area contributed by atoms with E-state index < -0.39 is 0 Å². The molecule has 0 aromatic rings. The molecule has 0 aromatic heterocycles. The first-order valence-corrected chi connectivity index (χ1v) is 7.79. The van der Waals surface area contributed by atoms with Crippen LogP contribution in [0.3, 0.4) is 0 Å². The Morgan fingerprint density at radius 2 is 1.47 bits per heavy atom. The van der Waals surface area contributed by atoms with Crippen LogP contribution in [0.25, 0.3) is 0 Å². The summed E-state index contributed by atoms with van der Waals surface area (Å²) in [6, 6.07) is 0. The van der Waals surface area contributed by atoms with Gasteiger partial charge in [0.25, 0.3) is 0 Å². The van der Waals surface area contributed by atoms with Gasteiger partial charge in [0.1, 0.15) is 0 Å². The van der Waals surface area contributed by atoms with Gasteiger partial charge in [-0.15, -0.1) is 11.6 Å². The van der Waals surface area contributed by atoms with Gasteiger partial charge < -0.3 is 10.1 Å². The van der Waals surface area contributed by atoms with E-state index in [1.807, 2.05) is 0 Å². The summed E-state index contributed by atoms with van der Waals surface area (Å²) in [6.07, 6.45) is 11.1. The van der Waals surface area contributed by atoms with Crippen molar-refractivity contribution in [1.29, 1.82) is 0 Å². The molecule has 0 fully saturated rings. The Hall–Kier alpha value is 0.210. The average Bonchev–Trinajstić information content (AvgIpc) is 2.35. The van der Waals surface area contributed by atoms with E-state index in [-0.39, 0.29) is 0 Å². The molecule has 1 N–H and O–H groups in total. The molecule has 0 aliphatic carbocycles. The summed E-state index contributed by atoms with van der Waals surface area (Å²) in [7, 11) is 0. The lowest BCUT2D eigenvalue weighted by molar-refractivity contribution is 0.151. The normalized spacial score (nSPS) is 10.9. The number of nitrogens with one attached hydrogen (secondary N) is 1. The molecule has 0 aliphatic rings. The van der Waals surface area contributed by atoms with E-state index in [2.05, 4.69) is 12.2 Å². The second-order valence-corrected chi connectivity index (χ2v) is 4.90. The van der Waals surface area contributed by atoms with Crippen LogP contribution in [0.4, 0.5) is 0 Å². The van der Waals surface area contributed by atoms with Gasteiger partial charge in [-0.05, 0) is 13.0 Å². The van der Waals surface area contributed by atoms with Crippen LogP contribution in [-0.2, 0) is 4.74 Å². The molecule has 0 aliphatic heterocycles. The number of hydrogen-bond donors (Lipinski definition) is 1. The summed E-state index contributed by atoms with van der Waals surface area (Å²) in [5, 5.41) is 3.39. The average molecular weight is 264 g/mol. The lowest BCUT2D eigenvalue weighted by Crippen LogP contribution is -2.21. The Labute approximate surface area is 112 Å². The third-order valence-corrected chi connectivity index (χ3v) is 3.01. The molecule has 2 nitrogen and oxygen atoms in total. The van der Waals surface area contributed by atoms with Crippen molar-refractivity contribution in [1.82, 2.24) is 5.32 Å². The number of rotatable bonds is 14. The van der Waals surface area contributed by atoms with Gasteiger partial charge in [0.15, 0.2) is 0 Å². The fraction of sp³-hybridized carbons (Fsp3) is 1.00. The zero-order valence-electron chi connectivity index (χ0n) is 11.5. The molecule has 0 spiro atoms. The summed E-state index contributed by atoms with van der Waals surface area (Å²) in [5.41, 5.74) is 0. The topological polar surface area (TPSA) is 21.3 Å². The Balaban J connectivity index is 2.85. The van der Waals surface area contributed by atoms with Crippen LogP contribution in [0.1, 0.15) is 58.3 Å². The second kappa shape index (κ2) is 16.2. The summed E-state index contributed by atoms with van der Waals surface area (Å²) in [5.74, 6) is 0.595. The summed E-state index contributed by atoms with van der Waals surface area (Å²) in [6.45, 7) is 5.79. The van der Waals surface area contributed by atoms with Crippen molar-refractivity contribution in [2.45, 2.75) is 58.3 Å². The van der Waals surface area contributed by atoms with Crippen molar-refractivity contribution in [3.05, 3.63) is 0 Å². The zero-order valence-corrected chi connectivity index (χ0v) is 12.2. The molecular formula is C14H30ClNO. The van der Waals surface area contributed by atoms with E-state index in [0.717, 1.165) is 19.7 Å². The van der Waals surface area contributed by atoms with E-state index in [0.29, 0.717) is 12.5 Å². The van der Waals surface area contributed by atoms with Gasteiger partial charge in [-0.3, -0.25) is 0 Å². The molecule has 0 saturated carbocycles. The van der Waals surface area contributed by atoms with Crippen LogP contribution < -0.4 is 5.32 Å². The van der Waals surface area contributed by atoms with Gasteiger partial charge >= 0.3 is 0 Å². The predicted octanol–water partition coefficient (Wildman–Crippen LogP) is 3.97. The quantitative estimate of drug-likeness (QED) is 0.378. The number of halogens is 1. The van der Waals surface area contributed by atoms with E-state index in [1.54, 1.807) is 0 Å². The number of alkyl halides is 1. The third-order valence-electron chi connectivity index (χ3n) is 2.85. The van der Waals surface area contributed by atoms with E-state index in [4.69, 9.17) is 16.3 Å². The van der Waals surface area contributed by atoms with E-state index in [9.17, 15) is 0 Å². The van der Waals surface area contributed by atoms with Crippen molar-refractivity contribution in [3.63, 3.8) is 0 Å². The van der Waals surface area contributed by atoms with Crippen LogP contribution >= 0.6 is 11.6 Å². The highest BCUT2D eigenvalue weighted by atomic mass is 35.5. The minimum Gasteiger partial charge on any atom is -0.379 e. The first-order chi connectivity index (χ1) is 8.41. The maximum absolute atomic E-state index is 5.50. The Morgan fingerprint density at radius 3 is 2.12 bits per heavy atom. The molecule has 17 heavy (non-hydrogen) atoms. The fourth-order valence-corrected chi connectivity index (χ4v) is 1.92. The SMILES string of the molecule is CCCCCCCCCCNCCOCCCl. The maximum Gasteiger partial charge on any atom is 0.0602 e. The Bertz CT molecular complexity index is 119. The molecule has 3 heteroatoms. The minimum atomic E-state index is 0.595. The highest BCUT2D eigenvalue weighted by Crippen LogP contribution is 2.07. The molecule has 0 bridgehead atoms. The van der Waals surface area contributed by atoms with Gasteiger partial charge in [0, 0.05) is 12.4 Å². The van der Waals surface area contributed by atoms with Crippen LogP contribution in [0, 0.1) is 0 Å². The lowest BCUT2D eigenvalue weighted by atomic mass is 10.1. The van der Waals surface area contributed by atoms with Crippen molar-refractivity contribution < 1.29 is 4.74 Å². The summed E-state index contributed by atoms with van der Waals surface area (Å²) < 4.78 is 5.27. The van der Waals surface area contributed by atoms with Gasteiger partial charge in [-0.2, -0.15) is 0 Å². The summed E-state index contributed by atoms with van der Waals surface area (Å²) in [4.78, 5) is 0. The molecule has 0 radical (unpaired) electrons. The molecule has 0 rings (SSSR count). The van der Waals surface area contributed by atoms with Gasteiger partial charge in [0.2, 0.25) is 0 Å². The fourth-order valence-electron chi connectivity index (χ4n) is 1.81. The molecule has 0 heterocycles. The highest BCUT2D eigenvalue weighted by molar-refractivity contribution is 6.17. The van der Waals surface area contributed by atoms with Crippen molar-refractivity contribution in [2.24, 2.45) is 0 Å². The molecule has 0 atom stereocenters. The number of ether oxygens (including phenoxy) is 1. The standard InChI is InChI=1S/C14H30ClNO/c1-2-3-4-5-6-7-8-9-11-16-12-14-17-13-10-15/h16H,2-14H2,1H3. The number of unbranched alkanes of at least 4 members (excludes halogenated alkanes) is 7. The van der Waals surface area contributed by atoms with Gasteiger partial charge in [-0.25, -0.2) is 0 Å². The smallest absolute Gasteiger partial charge is 0.0602 e. The largest absolute Gasteiger partial charge is 0.379 e. The highest BCUT2D eigenvalue weighted by Gasteiger charge is 1.92. The predicted molar refractivity (Wildman–Crippen MR) is 77.0 cm³/mol. The lowest BCUT2D eigenvalue weighted by Gasteiger charge is -2.05. The monoisotopic (exact) mass is 263 g/mol. The zero-order chi connectivity index (χ0) is 12.6. The van der Waals surface area contributed by atoms with Gasteiger partial charge in [-0.1, -0.05) is 51.9 Å². The van der Waals surface area contributed by atoms with Crippen molar-refractivity contribution in [3.8, 4) is 0 Å². The van der Waals surface area contributed by atoms with Crippen LogP contribution in [0.5, 0.6) is 0 Å². The van der Waals surface area contributed by atoms with Crippen LogP contribution in [-0.4, -0.2) is 32.2 Å². The van der Waals surface area contributed by atoms with Crippen molar-refractivity contribution >= 4 is 11.6 Å². The van der Waals surface area contributed by atoms with Crippen molar-refractivity contribution in [2.75, 3.05) is 32.2 Å². The van der Waals surface area contributed by atoms with Crippen LogP contribution in [0.2, 0.25) is 0 Å². The molecular weight excluding hydrogens is 234 g/mol. The third kappa shape index (κ3) is 16.2. The molecule has 0 unspecified atom stereocenters. The Morgan fingerprint density at radius 1 is 0.824 bits per heavy atom. The van der Waals surface area contributed by atoms with E-state index in [1.165, 1.54) is 51.4 Å². The molecule has 0 aromatic carbocycles.